The van der Waals surface area contributed by atoms with Crippen LogP contribution in [0.1, 0.15) is 12.0 Å². The average Bonchev–Trinajstić information content (AvgIpc) is 2.93. The predicted molar refractivity (Wildman–Crippen MR) is 75.5 cm³/mol. The van der Waals surface area contributed by atoms with E-state index in [1.165, 1.54) is 0 Å². The van der Waals surface area contributed by atoms with E-state index < -0.39 is 29.3 Å². The monoisotopic (exact) mass is 330 g/mol. The fourth-order valence-corrected chi connectivity index (χ4v) is 2.45. The summed E-state index contributed by atoms with van der Waals surface area (Å²) >= 11 is 0. The van der Waals surface area contributed by atoms with Crippen molar-refractivity contribution in [1.29, 1.82) is 0 Å². The van der Waals surface area contributed by atoms with Crippen LogP contribution >= 0.6 is 0 Å². The summed E-state index contributed by atoms with van der Waals surface area (Å²) in [6.45, 7) is -0.251. The van der Waals surface area contributed by atoms with Gasteiger partial charge in [0.05, 0.1) is 13.7 Å². The molecule has 1 aliphatic rings. The van der Waals surface area contributed by atoms with E-state index in [0.717, 1.165) is 30.2 Å². The number of rotatable bonds is 4. The van der Waals surface area contributed by atoms with Crippen molar-refractivity contribution >= 4 is 12.0 Å². The van der Waals surface area contributed by atoms with Gasteiger partial charge in [0.2, 0.25) is 5.67 Å². The van der Waals surface area contributed by atoms with Crippen molar-refractivity contribution in [3.05, 3.63) is 35.4 Å². The molecule has 0 aliphatic carbocycles. The molecule has 1 aromatic rings. The summed E-state index contributed by atoms with van der Waals surface area (Å²) in [6.07, 6.45) is -0.0352. The number of nitrogens with one attached hydrogen (secondary N) is 1. The highest BCUT2D eigenvalue weighted by atomic mass is 19.1. The molecule has 0 spiro atoms. The third kappa shape index (κ3) is 3.94. The Morgan fingerprint density at radius 2 is 2.13 bits per heavy atom. The molecule has 1 N–H and O–H groups in total. The lowest BCUT2D eigenvalue weighted by atomic mass is 10.1. The van der Waals surface area contributed by atoms with E-state index in [9.17, 15) is 22.8 Å². The number of amides is 2. The second kappa shape index (κ2) is 6.89. The lowest BCUT2D eigenvalue weighted by Crippen LogP contribution is -2.43. The van der Waals surface area contributed by atoms with Crippen molar-refractivity contribution in [2.75, 3.05) is 26.7 Å². The lowest BCUT2D eigenvalue weighted by molar-refractivity contribution is -0.153. The number of esters is 1. The van der Waals surface area contributed by atoms with Crippen molar-refractivity contribution in [3.8, 4) is 0 Å². The number of ether oxygens (including phenoxy) is 1. The van der Waals surface area contributed by atoms with Crippen molar-refractivity contribution in [1.82, 2.24) is 10.2 Å². The largest absolute Gasteiger partial charge is 0.467 e. The van der Waals surface area contributed by atoms with Crippen LogP contribution in [-0.4, -0.2) is 49.3 Å². The number of nitrogens with zero attached hydrogens (tertiary/aromatic N) is 1. The van der Waals surface area contributed by atoms with E-state index >= 15 is 0 Å². The third-order valence-corrected chi connectivity index (χ3v) is 3.74. The van der Waals surface area contributed by atoms with E-state index in [1.807, 2.05) is 0 Å². The maximum Gasteiger partial charge on any atom is 0.345 e. The van der Waals surface area contributed by atoms with Gasteiger partial charge in [0.25, 0.3) is 0 Å². The first-order chi connectivity index (χ1) is 10.9. The highest BCUT2D eigenvalue weighted by molar-refractivity contribution is 5.82. The van der Waals surface area contributed by atoms with Crippen LogP contribution < -0.4 is 5.32 Å². The SMILES string of the molecule is COC(=O)[C@@]1(F)CCN(C(=O)NCCc2cc(F)ccc2F)C1. The third-order valence-electron chi connectivity index (χ3n) is 3.74. The first-order valence-electron chi connectivity index (χ1n) is 7.10. The summed E-state index contributed by atoms with van der Waals surface area (Å²) in [6, 6.07) is 2.52. The molecule has 2 amide bonds. The maximum absolute atomic E-state index is 14.2. The van der Waals surface area contributed by atoms with Gasteiger partial charge in [-0.25, -0.2) is 22.8 Å². The number of halogens is 3. The average molecular weight is 330 g/mol. The Morgan fingerprint density at radius 1 is 1.39 bits per heavy atom. The summed E-state index contributed by atoms with van der Waals surface area (Å²) in [4.78, 5) is 24.4. The first-order valence-corrected chi connectivity index (χ1v) is 7.10. The number of methoxy groups -OCH3 is 1. The zero-order valence-corrected chi connectivity index (χ0v) is 12.6. The summed E-state index contributed by atoms with van der Waals surface area (Å²) in [5, 5.41) is 2.49. The fourth-order valence-electron chi connectivity index (χ4n) is 2.45. The molecule has 5 nitrogen and oxygen atoms in total. The van der Waals surface area contributed by atoms with Crippen LogP contribution in [0.5, 0.6) is 0 Å². The zero-order valence-electron chi connectivity index (χ0n) is 12.6. The lowest BCUT2D eigenvalue weighted by Gasteiger charge is -2.19. The fraction of sp³-hybridized carbons (Fsp3) is 0.467. The van der Waals surface area contributed by atoms with Gasteiger partial charge in [0.1, 0.15) is 11.6 Å². The Balaban J connectivity index is 1.84. The maximum atomic E-state index is 14.2. The quantitative estimate of drug-likeness (QED) is 0.857. The van der Waals surface area contributed by atoms with E-state index in [2.05, 4.69) is 10.1 Å². The van der Waals surface area contributed by atoms with Crippen LogP contribution in [0.15, 0.2) is 18.2 Å². The minimum absolute atomic E-state index is 0.0627. The molecule has 0 aromatic heterocycles. The van der Waals surface area contributed by atoms with Crippen LogP contribution in [0.4, 0.5) is 18.0 Å². The zero-order chi connectivity index (χ0) is 17.0. The van der Waals surface area contributed by atoms with Gasteiger partial charge < -0.3 is 15.0 Å². The number of urea groups is 1. The van der Waals surface area contributed by atoms with E-state index in [1.54, 1.807) is 0 Å². The number of benzene rings is 1. The molecule has 126 valence electrons. The Bertz CT molecular complexity index is 612. The van der Waals surface area contributed by atoms with Gasteiger partial charge in [-0.3, -0.25) is 0 Å². The van der Waals surface area contributed by atoms with Gasteiger partial charge in [0.15, 0.2) is 0 Å². The van der Waals surface area contributed by atoms with Crippen molar-refractivity contribution in [2.45, 2.75) is 18.5 Å². The Kier molecular flexibility index (Phi) is 5.12. The first kappa shape index (κ1) is 17.1. The molecule has 1 fully saturated rings. The minimum atomic E-state index is -2.19. The molecular formula is C15H17F3N2O3. The molecule has 0 radical (unpaired) electrons. The van der Waals surface area contributed by atoms with E-state index in [4.69, 9.17) is 0 Å². The second-order valence-corrected chi connectivity index (χ2v) is 5.35. The van der Waals surface area contributed by atoms with Gasteiger partial charge in [-0.2, -0.15) is 0 Å². The summed E-state index contributed by atoms with van der Waals surface area (Å²) < 4.78 is 45.1. The van der Waals surface area contributed by atoms with Gasteiger partial charge in [0, 0.05) is 19.5 Å². The second-order valence-electron chi connectivity index (χ2n) is 5.35. The standard InChI is InChI=1S/C15H17F3N2O3/c1-23-13(21)15(18)5-7-20(9-15)14(22)19-6-4-10-8-11(16)2-3-12(10)17/h2-3,8H,4-7,9H2,1H3,(H,19,22)/t15-/m1/s1. The molecule has 23 heavy (non-hydrogen) atoms. The highest BCUT2D eigenvalue weighted by Crippen LogP contribution is 2.26. The van der Waals surface area contributed by atoms with Crippen molar-refractivity contribution in [2.24, 2.45) is 0 Å². The Morgan fingerprint density at radius 3 is 2.83 bits per heavy atom. The van der Waals surface area contributed by atoms with Crippen LogP contribution in [0.3, 0.4) is 0 Å². The summed E-state index contributed by atoms with van der Waals surface area (Å²) in [5.74, 6) is -2.13. The number of likely N-dealkylation sites (tertiary alicyclic amines) is 1. The minimum Gasteiger partial charge on any atom is -0.467 e. The van der Waals surface area contributed by atoms with E-state index in [0.29, 0.717) is 0 Å². The number of carbonyl (C=O) groups excluding carboxylic acids is 2. The molecule has 0 unspecified atom stereocenters. The predicted octanol–water partition coefficient (Wildman–Crippen LogP) is 1.80. The Hall–Kier alpha value is -2.25. The molecule has 1 saturated heterocycles. The van der Waals surface area contributed by atoms with Crippen molar-refractivity contribution < 1.29 is 27.5 Å². The van der Waals surface area contributed by atoms with Gasteiger partial charge in [-0.05, 0) is 30.2 Å². The smallest absolute Gasteiger partial charge is 0.345 e. The number of hydrogen-bond donors (Lipinski definition) is 1. The van der Waals surface area contributed by atoms with Crippen molar-refractivity contribution in [3.63, 3.8) is 0 Å². The number of alkyl halides is 1. The molecular weight excluding hydrogens is 313 g/mol. The van der Waals surface area contributed by atoms with Gasteiger partial charge in [-0.1, -0.05) is 0 Å². The van der Waals surface area contributed by atoms with Gasteiger partial charge >= 0.3 is 12.0 Å². The van der Waals surface area contributed by atoms with Crippen LogP contribution in [0.2, 0.25) is 0 Å². The molecule has 1 aromatic carbocycles. The molecule has 0 saturated carbocycles. The highest BCUT2D eigenvalue weighted by Gasteiger charge is 2.47. The topological polar surface area (TPSA) is 58.6 Å². The Labute approximate surface area is 131 Å². The van der Waals surface area contributed by atoms with Crippen LogP contribution in [0, 0.1) is 11.6 Å². The molecule has 8 heteroatoms. The molecule has 2 rings (SSSR count). The molecule has 0 bridgehead atoms. The normalized spacial score (nSPS) is 20.4. The molecule has 1 heterocycles. The summed E-state index contributed by atoms with van der Waals surface area (Å²) in [7, 11) is 1.08. The molecule has 1 aliphatic heterocycles. The molecule has 1 atom stereocenters. The van der Waals surface area contributed by atoms with Gasteiger partial charge in [-0.15, -0.1) is 0 Å². The number of carbonyl (C=O) groups is 2. The summed E-state index contributed by atoms with van der Waals surface area (Å²) in [5.41, 5.74) is -2.05. The van der Waals surface area contributed by atoms with E-state index in [-0.39, 0.29) is 38.0 Å². The van der Waals surface area contributed by atoms with Crippen LogP contribution in [-0.2, 0) is 16.0 Å². The number of hydrogen-bond acceptors (Lipinski definition) is 3. The van der Waals surface area contributed by atoms with Crippen LogP contribution in [0.25, 0.3) is 0 Å².